The fourth-order valence-corrected chi connectivity index (χ4v) is 4.59. The van der Waals surface area contributed by atoms with Crippen molar-refractivity contribution in [2.45, 2.75) is 43.6 Å². The number of hydrogen-bond donors (Lipinski definition) is 2. The van der Waals surface area contributed by atoms with E-state index in [1.54, 1.807) is 41.1 Å². The zero-order valence-corrected chi connectivity index (χ0v) is 17.0. The summed E-state index contributed by atoms with van der Waals surface area (Å²) in [6, 6.07) is 10.8. The maximum Gasteiger partial charge on any atom is 0.158 e. The summed E-state index contributed by atoms with van der Waals surface area (Å²) in [6.07, 6.45) is 4.82. The molecule has 0 spiro atoms. The van der Waals surface area contributed by atoms with Gasteiger partial charge in [0.1, 0.15) is 24.3 Å². The number of piperidine rings is 1. The minimum atomic E-state index is -0.938. The van der Waals surface area contributed by atoms with Crippen molar-refractivity contribution in [1.29, 1.82) is 5.26 Å². The summed E-state index contributed by atoms with van der Waals surface area (Å²) in [5, 5.41) is 31.4. The van der Waals surface area contributed by atoms with Crippen molar-refractivity contribution in [3.8, 4) is 28.8 Å². The van der Waals surface area contributed by atoms with E-state index in [-0.39, 0.29) is 17.8 Å². The summed E-state index contributed by atoms with van der Waals surface area (Å²) in [5.74, 6) is 0.648. The average Bonchev–Trinajstić information content (AvgIpc) is 3.43. The lowest BCUT2D eigenvalue weighted by molar-refractivity contribution is 0.176. The number of phenolic OH excluding ortho intramolecular Hbond substituents is 1. The van der Waals surface area contributed by atoms with Crippen LogP contribution in [0, 0.1) is 11.3 Å². The highest BCUT2D eigenvalue weighted by atomic mass is 19.1. The minimum absolute atomic E-state index is 0.0406. The molecule has 2 aromatic heterocycles. The summed E-state index contributed by atoms with van der Waals surface area (Å²) in [7, 11) is 1.86. The number of halogens is 1. The van der Waals surface area contributed by atoms with Gasteiger partial charge in [-0.1, -0.05) is 0 Å². The molecular weight excluding hydrogens is 397 g/mol. The summed E-state index contributed by atoms with van der Waals surface area (Å²) in [6.45, 7) is 0. The average molecular weight is 419 g/mol. The molecule has 9 heteroatoms. The maximum absolute atomic E-state index is 14.9. The lowest BCUT2D eigenvalue weighted by atomic mass is 9.96. The second kappa shape index (κ2) is 7.63. The van der Waals surface area contributed by atoms with Gasteiger partial charge in [-0.05, 0) is 43.5 Å². The molecule has 4 heterocycles. The van der Waals surface area contributed by atoms with Gasteiger partial charge in [0, 0.05) is 37.0 Å². The number of rotatable bonds is 4. The van der Waals surface area contributed by atoms with E-state index in [2.05, 4.69) is 20.5 Å². The van der Waals surface area contributed by atoms with Crippen molar-refractivity contribution in [2.75, 3.05) is 11.9 Å². The predicted molar refractivity (Wildman–Crippen MR) is 113 cm³/mol. The summed E-state index contributed by atoms with van der Waals surface area (Å²) in [4.78, 5) is 5.84. The van der Waals surface area contributed by atoms with E-state index in [1.807, 2.05) is 18.0 Å². The number of aromatic hydroxyl groups is 1. The van der Waals surface area contributed by atoms with E-state index in [4.69, 9.17) is 5.26 Å². The van der Waals surface area contributed by atoms with Crippen LogP contribution < -0.4 is 10.2 Å². The van der Waals surface area contributed by atoms with Crippen LogP contribution in [0.4, 0.5) is 10.2 Å². The van der Waals surface area contributed by atoms with Crippen LogP contribution in [0.3, 0.4) is 0 Å². The Bertz CT molecular complexity index is 1140. The van der Waals surface area contributed by atoms with Gasteiger partial charge in [-0.25, -0.2) is 9.37 Å². The Hall–Kier alpha value is -3.51. The zero-order valence-electron chi connectivity index (χ0n) is 17.0. The van der Waals surface area contributed by atoms with Crippen LogP contribution in [0.25, 0.3) is 16.9 Å². The van der Waals surface area contributed by atoms with Crippen LogP contribution in [0.1, 0.15) is 25.0 Å². The highest BCUT2D eigenvalue weighted by Crippen LogP contribution is 2.34. The Balaban J connectivity index is 1.35. The second-order valence-corrected chi connectivity index (χ2v) is 8.16. The number of fused-ring (bicyclic) bond motifs is 2. The van der Waals surface area contributed by atoms with E-state index in [0.717, 1.165) is 19.3 Å². The Morgan fingerprint density at radius 1 is 1.26 bits per heavy atom. The highest BCUT2D eigenvalue weighted by Gasteiger charge is 2.43. The van der Waals surface area contributed by atoms with Crippen LogP contribution in [-0.2, 0) is 0 Å². The summed E-state index contributed by atoms with van der Waals surface area (Å²) < 4.78 is 16.5. The lowest BCUT2D eigenvalue weighted by Gasteiger charge is -2.38. The molecule has 2 unspecified atom stereocenters. The number of hydrogen-bond acceptors (Lipinski definition) is 7. The van der Waals surface area contributed by atoms with Crippen LogP contribution in [0.15, 0.2) is 42.9 Å². The fourth-order valence-electron chi connectivity index (χ4n) is 4.59. The number of phenols is 1. The van der Waals surface area contributed by atoms with Crippen LogP contribution in [0.2, 0.25) is 0 Å². The molecule has 2 fully saturated rings. The number of benzene rings is 1. The van der Waals surface area contributed by atoms with Gasteiger partial charge in [0.15, 0.2) is 11.5 Å². The number of aromatic nitrogens is 4. The largest absolute Gasteiger partial charge is 0.507 e. The third-order valence-corrected chi connectivity index (χ3v) is 6.32. The highest BCUT2D eigenvalue weighted by molar-refractivity contribution is 5.69. The fraction of sp³-hybridized carbons (Fsp3) is 0.364. The molecule has 31 heavy (non-hydrogen) atoms. The monoisotopic (exact) mass is 419 g/mol. The van der Waals surface area contributed by atoms with Gasteiger partial charge in [-0.2, -0.15) is 5.26 Å². The number of alkyl halides is 1. The van der Waals surface area contributed by atoms with E-state index in [9.17, 15) is 9.50 Å². The smallest absolute Gasteiger partial charge is 0.158 e. The molecule has 158 valence electrons. The molecule has 1 aromatic carbocycles. The van der Waals surface area contributed by atoms with Gasteiger partial charge in [0.25, 0.3) is 0 Å². The first-order chi connectivity index (χ1) is 15.0. The number of nitrogens with zero attached hydrogens (tertiary/aromatic N) is 6. The van der Waals surface area contributed by atoms with E-state index >= 15 is 0 Å². The molecule has 0 saturated carbocycles. The molecule has 2 bridgehead atoms. The van der Waals surface area contributed by atoms with E-state index in [1.165, 1.54) is 6.33 Å². The van der Waals surface area contributed by atoms with Gasteiger partial charge in [-0.3, -0.25) is 0 Å². The Morgan fingerprint density at radius 3 is 2.84 bits per heavy atom. The Morgan fingerprint density at radius 2 is 2.13 bits per heavy atom. The Labute approximate surface area is 179 Å². The number of imidazole rings is 1. The van der Waals surface area contributed by atoms with Crippen LogP contribution in [-0.4, -0.2) is 56.2 Å². The van der Waals surface area contributed by atoms with Crippen molar-refractivity contribution in [1.82, 2.24) is 25.1 Å². The van der Waals surface area contributed by atoms with E-state index in [0.29, 0.717) is 34.5 Å². The van der Waals surface area contributed by atoms with Gasteiger partial charge in [-0.15, -0.1) is 10.2 Å². The molecule has 2 aliphatic heterocycles. The van der Waals surface area contributed by atoms with Crippen LogP contribution in [0.5, 0.6) is 5.75 Å². The van der Waals surface area contributed by atoms with Crippen LogP contribution >= 0.6 is 0 Å². The quantitative estimate of drug-likeness (QED) is 0.670. The van der Waals surface area contributed by atoms with Gasteiger partial charge < -0.3 is 19.9 Å². The van der Waals surface area contributed by atoms with Crippen molar-refractivity contribution < 1.29 is 9.50 Å². The standard InChI is InChI=1S/C22H22FN7O/c1-29(19-8-13-2-5-18(26-13)22(19)23)21-7-6-17(27-28-21)16-4-3-15(9-20(16)31)30-11-14(10-24)25-12-30/h3-4,6-7,9,11-13,18-19,22,26,31H,2,5,8H2,1H3/t13?,18?,19-,22+/m0/s1. The molecule has 2 saturated heterocycles. The minimum Gasteiger partial charge on any atom is -0.507 e. The number of nitrogens with one attached hydrogen (secondary N) is 1. The molecule has 2 aliphatic rings. The predicted octanol–water partition coefficient (Wildman–Crippen LogP) is 2.57. The van der Waals surface area contributed by atoms with Crippen molar-refractivity contribution in [3.63, 3.8) is 0 Å². The molecular formula is C22H22FN7O. The normalized spacial score (nSPS) is 24.7. The van der Waals surface area contributed by atoms with E-state index < -0.39 is 6.17 Å². The van der Waals surface area contributed by atoms with Gasteiger partial charge >= 0.3 is 0 Å². The van der Waals surface area contributed by atoms with Crippen molar-refractivity contribution >= 4 is 5.82 Å². The summed E-state index contributed by atoms with van der Waals surface area (Å²) >= 11 is 0. The van der Waals surface area contributed by atoms with Crippen molar-refractivity contribution in [2.24, 2.45) is 0 Å². The first-order valence-corrected chi connectivity index (χ1v) is 10.3. The second-order valence-electron chi connectivity index (χ2n) is 8.16. The molecule has 2 N–H and O–H groups in total. The first-order valence-electron chi connectivity index (χ1n) is 10.3. The molecule has 5 rings (SSSR count). The first kappa shape index (κ1) is 19.5. The SMILES string of the molecule is CN(c1ccc(-c2ccc(-n3cnc(C#N)c3)cc2O)nn1)[C@H]1CC2CCC(N2)[C@H]1F. The molecule has 0 aliphatic carbocycles. The molecule has 3 aromatic rings. The summed E-state index contributed by atoms with van der Waals surface area (Å²) in [5.41, 5.74) is 2.03. The lowest BCUT2D eigenvalue weighted by Crippen LogP contribution is -2.55. The van der Waals surface area contributed by atoms with Crippen molar-refractivity contribution in [3.05, 3.63) is 48.5 Å². The third-order valence-electron chi connectivity index (χ3n) is 6.32. The maximum atomic E-state index is 14.9. The van der Waals surface area contributed by atoms with Gasteiger partial charge in [0.2, 0.25) is 0 Å². The molecule has 0 amide bonds. The number of anilines is 1. The Kier molecular flexibility index (Phi) is 4.79. The topological polar surface area (TPSA) is 103 Å². The third kappa shape index (κ3) is 3.49. The number of nitriles is 1. The molecule has 0 radical (unpaired) electrons. The zero-order chi connectivity index (χ0) is 21.5. The molecule has 4 atom stereocenters. The molecule has 8 nitrogen and oxygen atoms in total. The van der Waals surface area contributed by atoms with Gasteiger partial charge in [0.05, 0.1) is 17.4 Å².